The smallest absolute Gasteiger partial charge is 0.347 e. The second-order valence-corrected chi connectivity index (χ2v) is 10.4. The highest BCUT2D eigenvalue weighted by atomic mass is 16.5. The number of esters is 1. The maximum absolute atomic E-state index is 11.4. The molecule has 41 heavy (non-hydrogen) atoms. The average molecular weight is 593 g/mol. The molecule has 0 aromatic heterocycles. The second kappa shape index (κ2) is 23.2. The van der Waals surface area contributed by atoms with Crippen LogP contribution in [0.5, 0.6) is 0 Å². The fourth-order valence-corrected chi connectivity index (χ4v) is 4.07. The molecule has 0 aromatic rings. The number of hydrogen-bond donors (Lipinski definition) is 6. The fraction of sp³-hybridized carbons (Fsp3) is 0.828. The first-order chi connectivity index (χ1) is 19.2. The Kier molecular flexibility index (Phi) is 23.0. The lowest BCUT2D eigenvalue weighted by atomic mass is 9.77. The number of Topliss-reactive ketones (excluding diaryl/α,β-unsaturated/α-hetero) is 2. The Morgan fingerprint density at radius 1 is 0.634 bits per heavy atom. The highest BCUT2D eigenvalue weighted by molar-refractivity contribution is 6.20. The number of carboxylic acids is 2. The van der Waals surface area contributed by atoms with Gasteiger partial charge in [-0.25, -0.2) is 9.59 Å². The first-order valence-corrected chi connectivity index (χ1v) is 14.6. The molecular formula is C29H52O12. The number of unbranched alkanes of at least 4 members (excludes halogenated alkanes) is 14. The molecule has 240 valence electrons. The zero-order chi connectivity index (χ0) is 31.9. The molecule has 0 spiro atoms. The number of aliphatic carboxylic acids is 2. The molecule has 3 atom stereocenters. The first kappa shape index (κ1) is 40.7. The molecule has 0 radical (unpaired) electrons. The number of aliphatic hydroxyl groups excluding tert-OH is 2. The molecule has 0 aliphatic heterocycles. The van der Waals surface area contributed by atoms with Crippen molar-refractivity contribution in [2.75, 3.05) is 13.2 Å². The van der Waals surface area contributed by atoms with E-state index in [-0.39, 0.29) is 19.2 Å². The van der Waals surface area contributed by atoms with Crippen LogP contribution in [0, 0.1) is 0 Å². The van der Waals surface area contributed by atoms with Crippen LogP contribution in [0.15, 0.2) is 0 Å². The van der Waals surface area contributed by atoms with Gasteiger partial charge in [-0.3, -0.25) is 14.4 Å². The third kappa shape index (κ3) is 16.0. The van der Waals surface area contributed by atoms with Crippen molar-refractivity contribution in [3.8, 4) is 0 Å². The molecule has 12 heteroatoms. The number of aliphatic hydroxyl groups is 4. The highest BCUT2D eigenvalue weighted by Crippen LogP contribution is 2.26. The number of carbonyl (C=O) groups excluding carboxylic acids is 3. The van der Waals surface area contributed by atoms with E-state index in [1.54, 1.807) is 0 Å². The van der Waals surface area contributed by atoms with E-state index in [1.165, 1.54) is 83.5 Å². The monoisotopic (exact) mass is 592 g/mol. The maximum atomic E-state index is 11.4. The molecule has 0 bridgehead atoms. The second-order valence-electron chi connectivity index (χ2n) is 10.4. The summed E-state index contributed by atoms with van der Waals surface area (Å²) >= 11 is 0. The number of rotatable bonds is 24. The predicted molar refractivity (Wildman–Crippen MR) is 150 cm³/mol. The van der Waals surface area contributed by atoms with Gasteiger partial charge in [0.2, 0.25) is 0 Å². The van der Waals surface area contributed by atoms with E-state index < -0.39 is 40.8 Å². The summed E-state index contributed by atoms with van der Waals surface area (Å²) in [5.41, 5.74) is -7.44. The normalized spacial score (nSPS) is 14.5. The van der Waals surface area contributed by atoms with Crippen molar-refractivity contribution in [2.24, 2.45) is 0 Å². The van der Waals surface area contributed by atoms with Crippen molar-refractivity contribution in [1.82, 2.24) is 0 Å². The summed E-state index contributed by atoms with van der Waals surface area (Å²) in [5, 5.41) is 53.7. The standard InChI is InChI=1S/C21H42O4.C8H10O8/c1-2-3-4-5-6-7-8-9-10-11-12-13-14-15-16-17-21(24)25-19-20(23)18-22;1-3(9)7(15,5(11)12)8(16,4(2)10)6(13)14/h20,22-23H,2-19H2,1H3;15-16H,1-2H3,(H,11,12)(H,13,14). The van der Waals surface area contributed by atoms with E-state index >= 15 is 0 Å². The molecule has 0 saturated heterocycles. The lowest BCUT2D eigenvalue weighted by molar-refractivity contribution is -0.206. The lowest BCUT2D eigenvalue weighted by Gasteiger charge is -2.32. The average Bonchev–Trinajstić information content (AvgIpc) is 2.92. The van der Waals surface area contributed by atoms with Crippen LogP contribution >= 0.6 is 0 Å². The van der Waals surface area contributed by atoms with E-state index in [4.69, 9.17) is 25.2 Å². The Balaban J connectivity index is 0. The zero-order valence-electron chi connectivity index (χ0n) is 24.9. The molecule has 0 aliphatic rings. The summed E-state index contributed by atoms with van der Waals surface area (Å²) in [4.78, 5) is 54.6. The highest BCUT2D eigenvalue weighted by Gasteiger charge is 2.67. The summed E-state index contributed by atoms with van der Waals surface area (Å²) in [6.07, 6.45) is 19.0. The van der Waals surface area contributed by atoms with Gasteiger partial charge in [0.25, 0.3) is 11.2 Å². The van der Waals surface area contributed by atoms with Crippen LogP contribution < -0.4 is 0 Å². The summed E-state index contributed by atoms with van der Waals surface area (Å²) in [7, 11) is 0. The van der Waals surface area contributed by atoms with Crippen molar-refractivity contribution in [1.29, 1.82) is 0 Å². The van der Waals surface area contributed by atoms with Crippen molar-refractivity contribution < 1.29 is 59.3 Å². The minimum Gasteiger partial charge on any atom is -0.479 e. The van der Waals surface area contributed by atoms with Gasteiger partial charge in [-0.05, 0) is 20.3 Å². The van der Waals surface area contributed by atoms with Gasteiger partial charge in [0.15, 0.2) is 11.6 Å². The molecule has 0 amide bonds. The summed E-state index contributed by atoms with van der Waals surface area (Å²) in [6, 6.07) is 0. The molecular weight excluding hydrogens is 540 g/mol. The van der Waals surface area contributed by atoms with E-state index in [9.17, 15) is 34.2 Å². The lowest BCUT2D eigenvalue weighted by Crippen LogP contribution is -2.70. The third-order valence-corrected chi connectivity index (χ3v) is 6.79. The van der Waals surface area contributed by atoms with Gasteiger partial charge in [0, 0.05) is 6.42 Å². The Labute approximate surface area is 243 Å². The first-order valence-electron chi connectivity index (χ1n) is 14.6. The summed E-state index contributed by atoms with van der Waals surface area (Å²) in [6.45, 7) is 2.89. The van der Waals surface area contributed by atoms with Gasteiger partial charge >= 0.3 is 17.9 Å². The van der Waals surface area contributed by atoms with Crippen LogP contribution in [0.25, 0.3) is 0 Å². The van der Waals surface area contributed by atoms with Crippen molar-refractivity contribution in [2.45, 2.75) is 141 Å². The van der Waals surface area contributed by atoms with Crippen LogP contribution in [0.1, 0.15) is 124 Å². The quantitative estimate of drug-likeness (QED) is 0.0542. The van der Waals surface area contributed by atoms with E-state index in [0.717, 1.165) is 12.8 Å². The minimum atomic E-state index is -3.72. The van der Waals surface area contributed by atoms with Crippen LogP contribution in [0.3, 0.4) is 0 Å². The fourth-order valence-electron chi connectivity index (χ4n) is 4.07. The summed E-state index contributed by atoms with van der Waals surface area (Å²) < 4.78 is 4.86. The van der Waals surface area contributed by atoms with Crippen molar-refractivity contribution in [3.05, 3.63) is 0 Å². The number of carboxylic acid groups (broad SMARTS) is 2. The maximum Gasteiger partial charge on any atom is 0.347 e. The third-order valence-electron chi connectivity index (χ3n) is 6.79. The molecule has 3 unspecified atom stereocenters. The van der Waals surface area contributed by atoms with Crippen LogP contribution in [-0.4, -0.2) is 90.6 Å². The van der Waals surface area contributed by atoms with Gasteiger partial charge < -0.3 is 35.4 Å². The number of ether oxygens (including phenoxy) is 1. The van der Waals surface area contributed by atoms with E-state index in [2.05, 4.69) is 6.92 Å². The Morgan fingerprint density at radius 3 is 1.22 bits per heavy atom. The van der Waals surface area contributed by atoms with E-state index in [0.29, 0.717) is 20.3 Å². The van der Waals surface area contributed by atoms with Crippen LogP contribution in [-0.2, 0) is 28.7 Å². The zero-order valence-corrected chi connectivity index (χ0v) is 24.9. The van der Waals surface area contributed by atoms with Crippen molar-refractivity contribution >= 4 is 29.5 Å². The molecule has 6 N–H and O–H groups in total. The molecule has 0 saturated carbocycles. The largest absolute Gasteiger partial charge is 0.479 e. The minimum absolute atomic E-state index is 0.103. The Morgan fingerprint density at radius 2 is 0.951 bits per heavy atom. The molecule has 0 heterocycles. The van der Waals surface area contributed by atoms with Gasteiger partial charge in [-0.2, -0.15) is 0 Å². The summed E-state index contributed by atoms with van der Waals surface area (Å²) in [5.74, 6) is -8.05. The SMILES string of the molecule is CC(=O)C(O)(C(=O)O)C(O)(C(C)=O)C(=O)O.CCCCCCCCCCCCCCCCCC(=O)OCC(O)CO. The van der Waals surface area contributed by atoms with Gasteiger partial charge in [0.05, 0.1) is 6.61 Å². The molecule has 0 fully saturated rings. The van der Waals surface area contributed by atoms with Crippen LogP contribution in [0.2, 0.25) is 0 Å². The molecule has 12 nitrogen and oxygen atoms in total. The Hall–Kier alpha value is -2.41. The Bertz CT molecular complexity index is 716. The number of hydrogen-bond acceptors (Lipinski definition) is 10. The van der Waals surface area contributed by atoms with Gasteiger partial charge in [-0.1, -0.05) is 96.8 Å². The van der Waals surface area contributed by atoms with Gasteiger partial charge in [-0.15, -0.1) is 0 Å². The van der Waals surface area contributed by atoms with E-state index in [1.807, 2.05) is 0 Å². The van der Waals surface area contributed by atoms with Crippen molar-refractivity contribution in [3.63, 3.8) is 0 Å². The molecule has 0 aromatic carbocycles. The van der Waals surface area contributed by atoms with Crippen LogP contribution in [0.4, 0.5) is 0 Å². The number of ketones is 2. The number of carbonyl (C=O) groups is 5. The molecule has 0 aliphatic carbocycles. The predicted octanol–water partition coefficient (Wildman–Crippen LogP) is 2.94. The van der Waals surface area contributed by atoms with Gasteiger partial charge in [0.1, 0.15) is 12.7 Å². The topological polar surface area (TPSA) is 216 Å². The molecule has 0 rings (SSSR count).